The third-order valence-electron chi connectivity index (χ3n) is 4.10. The van der Waals surface area contributed by atoms with Crippen molar-refractivity contribution in [3.05, 3.63) is 48.3 Å². The highest BCUT2D eigenvalue weighted by molar-refractivity contribution is 5.30. The van der Waals surface area contributed by atoms with E-state index in [1.165, 1.54) is 18.4 Å². The van der Waals surface area contributed by atoms with Crippen molar-refractivity contribution >= 4 is 0 Å². The van der Waals surface area contributed by atoms with E-state index in [0.717, 1.165) is 37.8 Å². The average molecular weight is 270 g/mol. The lowest BCUT2D eigenvalue weighted by molar-refractivity contribution is 0.180. The first-order valence-electron chi connectivity index (χ1n) is 7.36. The Bertz CT molecular complexity index is 526. The molecular weight excluding hydrogens is 248 g/mol. The van der Waals surface area contributed by atoms with Gasteiger partial charge in [0.2, 0.25) is 0 Å². The van der Waals surface area contributed by atoms with E-state index in [0.29, 0.717) is 0 Å². The van der Waals surface area contributed by atoms with E-state index in [9.17, 15) is 0 Å². The van der Waals surface area contributed by atoms with Gasteiger partial charge >= 0.3 is 0 Å². The number of nitrogens with two attached hydrogens (primary N) is 1. The van der Waals surface area contributed by atoms with Crippen LogP contribution in [0.15, 0.2) is 42.7 Å². The van der Waals surface area contributed by atoms with Crippen LogP contribution in [0.2, 0.25) is 0 Å². The lowest BCUT2D eigenvalue weighted by atomic mass is 9.97. The summed E-state index contributed by atoms with van der Waals surface area (Å²) in [6.07, 6.45) is 6.55. The van der Waals surface area contributed by atoms with Crippen LogP contribution in [0.1, 0.15) is 18.4 Å². The molecule has 1 aliphatic rings. The van der Waals surface area contributed by atoms with Crippen LogP contribution >= 0.6 is 0 Å². The molecule has 0 unspecified atom stereocenters. The van der Waals surface area contributed by atoms with Gasteiger partial charge in [-0.3, -0.25) is 4.90 Å². The zero-order valence-corrected chi connectivity index (χ0v) is 11.8. The molecule has 3 rings (SSSR count). The number of nitrogens with zero attached hydrogens (tertiary/aromatic N) is 3. The Morgan fingerprint density at radius 2 is 1.90 bits per heavy atom. The standard InChI is InChI=1S/C16H22N4/c17-10-14-6-8-19(9-7-14)12-15-11-18-20(13-15)16-4-2-1-3-5-16/h1-5,11,13-14H,6-10,12,17H2. The summed E-state index contributed by atoms with van der Waals surface area (Å²) in [5.41, 5.74) is 8.13. The topological polar surface area (TPSA) is 47.1 Å². The summed E-state index contributed by atoms with van der Waals surface area (Å²) < 4.78 is 1.95. The molecule has 20 heavy (non-hydrogen) atoms. The molecule has 2 aromatic rings. The number of rotatable bonds is 4. The number of hydrogen-bond acceptors (Lipinski definition) is 3. The Labute approximate surface area is 120 Å². The second-order valence-corrected chi connectivity index (χ2v) is 5.58. The molecule has 1 aromatic heterocycles. The molecule has 0 saturated carbocycles. The van der Waals surface area contributed by atoms with Crippen molar-refractivity contribution in [3.63, 3.8) is 0 Å². The smallest absolute Gasteiger partial charge is 0.0645 e. The molecule has 2 heterocycles. The summed E-state index contributed by atoms with van der Waals surface area (Å²) >= 11 is 0. The highest BCUT2D eigenvalue weighted by atomic mass is 15.3. The van der Waals surface area contributed by atoms with Crippen LogP contribution in [0, 0.1) is 5.92 Å². The minimum absolute atomic E-state index is 0.721. The molecule has 0 amide bonds. The van der Waals surface area contributed by atoms with E-state index in [-0.39, 0.29) is 0 Å². The second kappa shape index (κ2) is 6.20. The molecule has 1 aliphatic heterocycles. The predicted molar refractivity (Wildman–Crippen MR) is 80.6 cm³/mol. The summed E-state index contributed by atoms with van der Waals surface area (Å²) in [7, 11) is 0. The number of likely N-dealkylation sites (tertiary alicyclic amines) is 1. The number of para-hydroxylation sites is 1. The predicted octanol–water partition coefficient (Wildman–Crippen LogP) is 2.04. The zero-order valence-electron chi connectivity index (χ0n) is 11.8. The van der Waals surface area contributed by atoms with Crippen molar-refractivity contribution in [1.82, 2.24) is 14.7 Å². The van der Waals surface area contributed by atoms with Gasteiger partial charge in [-0.2, -0.15) is 5.10 Å². The first-order valence-corrected chi connectivity index (χ1v) is 7.36. The molecule has 1 saturated heterocycles. The van der Waals surface area contributed by atoms with E-state index < -0.39 is 0 Å². The number of hydrogen-bond donors (Lipinski definition) is 1. The highest BCUT2D eigenvalue weighted by Gasteiger charge is 2.18. The molecular formula is C16H22N4. The molecule has 1 fully saturated rings. The van der Waals surface area contributed by atoms with Crippen molar-refractivity contribution in [2.45, 2.75) is 19.4 Å². The summed E-state index contributed by atoms with van der Waals surface area (Å²) in [6, 6.07) is 10.2. The third-order valence-corrected chi connectivity index (χ3v) is 4.10. The monoisotopic (exact) mass is 270 g/mol. The summed E-state index contributed by atoms with van der Waals surface area (Å²) in [4.78, 5) is 2.50. The molecule has 1 aromatic carbocycles. The second-order valence-electron chi connectivity index (χ2n) is 5.58. The van der Waals surface area contributed by atoms with Gasteiger partial charge in [-0.1, -0.05) is 18.2 Å². The van der Waals surface area contributed by atoms with Crippen molar-refractivity contribution in [3.8, 4) is 5.69 Å². The van der Waals surface area contributed by atoms with Crippen LogP contribution in [0.5, 0.6) is 0 Å². The largest absolute Gasteiger partial charge is 0.330 e. The molecule has 4 heteroatoms. The van der Waals surface area contributed by atoms with Gasteiger partial charge < -0.3 is 5.73 Å². The normalized spacial score (nSPS) is 17.4. The van der Waals surface area contributed by atoms with Crippen LogP contribution in [0.4, 0.5) is 0 Å². The van der Waals surface area contributed by atoms with Crippen molar-refractivity contribution < 1.29 is 0 Å². The van der Waals surface area contributed by atoms with Gasteiger partial charge in [0.05, 0.1) is 11.9 Å². The highest BCUT2D eigenvalue weighted by Crippen LogP contribution is 2.18. The number of piperidine rings is 1. The van der Waals surface area contributed by atoms with E-state index in [1.54, 1.807) is 0 Å². The molecule has 0 spiro atoms. The molecule has 0 bridgehead atoms. The fourth-order valence-corrected chi connectivity index (χ4v) is 2.80. The van der Waals surface area contributed by atoms with Crippen molar-refractivity contribution in [2.75, 3.05) is 19.6 Å². The van der Waals surface area contributed by atoms with Gasteiger partial charge in [-0.25, -0.2) is 4.68 Å². The summed E-state index contributed by atoms with van der Waals surface area (Å²) in [5, 5.41) is 4.45. The maximum Gasteiger partial charge on any atom is 0.0645 e. The fraction of sp³-hybridized carbons (Fsp3) is 0.438. The zero-order chi connectivity index (χ0) is 13.8. The van der Waals surface area contributed by atoms with Crippen LogP contribution in [-0.4, -0.2) is 34.3 Å². The summed E-state index contributed by atoms with van der Waals surface area (Å²) in [6.45, 7) is 4.13. The lowest BCUT2D eigenvalue weighted by Gasteiger charge is -2.30. The van der Waals surface area contributed by atoms with E-state index in [1.807, 2.05) is 29.1 Å². The van der Waals surface area contributed by atoms with Gasteiger partial charge in [0.15, 0.2) is 0 Å². The number of benzene rings is 1. The SMILES string of the molecule is NCC1CCN(Cc2cnn(-c3ccccc3)c2)CC1. The van der Waals surface area contributed by atoms with Gasteiger partial charge in [-0.15, -0.1) is 0 Å². The Morgan fingerprint density at radius 3 is 2.60 bits per heavy atom. The van der Waals surface area contributed by atoms with Crippen LogP contribution in [-0.2, 0) is 6.54 Å². The Balaban J connectivity index is 1.61. The Hall–Kier alpha value is -1.65. The number of aromatic nitrogens is 2. The van der Waals surface area contributed by atoms with Gasteiger partial charge in [0.25, 0.3) is 0 Å². The first kappa shape index (κ1) is 13.3. The van der Waals surface area contributed by atoms with Crippen molar-refractivity contribution in [1.29, 1.82) is 0 Å². The minimum Gasteiger partial charge on any atom is -0.330 e. The molecule has 0 atom stereocenters. The molecule has 106 valence electrons. The molecule has 2 N–H and O–H groups in total. The fourth-order valence-electron chi connectivity index (χ4n) is 2.80. The Kier molecular flexibility index (Phi) is 4.14. The first-order chi connectivity index (χ1) is 9.85. The molecule has 0 radical (unpaired) electrons. The van der Waals surface area contributed by atoms with Gasteiger partial charge in [0, 0.05) is 18.3 Å². The minimum atomic E-state index is 0.721. The summed E-state index contributed by atoms with van der Waals surface area (Å²) in [5.74, 6) is 0.721. The van der Waals surface area contributed by atoms with Crippen molar-refractivity contribution in [2.24, 2.45) is 11.7 Å². The molecule has 0 aliphatic carbocycles. The van der Waals surface area contributed by atoms with Crippen LogP contribution in [0.25, 0.3) is 5.69 Å². The quantitative estimate of drug-likeness (QED) is 0.925. The van der Waals surface area contributed by atoms with Crippen LogP contribution in [0.3, 0.4) is 0 Å². The maximum absolute atomic E-state index is 5.74. The third kappa shape index (κ3) is 3.08. The maximum atomic E-state index is 5.74. The Morgan fingerprint density at radius 1 is 1.15 bits per heavy atom. The average Bonchev–Trinajstić information content (AvgIpc) is 2.97. The lowest BCUT2D eigenvalue weighted by Crippen LogP contribution is -2.35. The van der Waals surface area contributed by atoms with E-state index in [4.69, 9.17) is 5.73 Å². The van der Waals surface area contributed by atoms with Gasteiger partial charge in [-0.05, 0) is 50.5 Å². The van der Waals surface area contributed by atoms with Crippen LogP contribution < -0.4 is 5.73 Å². The van der Waals surface area contributed by atoms with E-state index in [2.05, 4.69) is 28.3 Å². The molecule has 4 nitrogen and oxygen atoms in total. The van der Waals surface area contributed by atoms with E-state index >= 15 is 0 Å². The van der Waals surface area contributed by atoms with Gasteiger partial charge in [0.1, 0.15) is 0 Å².